The van der Waals surface area contributed by atoms with Crippen molar-refractivity contribution < 1.29 is 35.3 Å². The van der Waals surface area contributed by atoms with Gasteiger partial charge in [0.15, 0.2) is 0 Å². The monoisotopic (exact) mass is 908 g/mol. The summed E-state index contributed by atoms with van der Waals surface area (Å²) in [7, 11) is -4.08. The van der Waals surface area contributed by atoms with Gasteiger partial charge in [0, 0.05) is 43.8 Å². The van der Waals surface area contributed by atoms with Crippen molar-refractivity contribution in [1.82, 2.24) is 0 Å². The third-order valence-electron chi connectivity index (χ3n) is 12.7. The number of ether oxygens (including phenoxy) is 2. The number of fused-ring (bicyclic) bond motifs is 10. The Hall–Kier alpha value is -5.68. The first-order chi connectivity index (χ1) is 30.7. The molecule has 0 unspecified atom stereocenters. The number of hydrogen-bond donors (Lipinski definition) is 0. The maximum absolute atomic E-state index is 7.40. The molecule has 2 aliphatic heterocycles. The fourth-order valence-corrected chi connectivity index (χ4v) is 11.6. The Morgan fingerprint density at radius 3 is 0.954 bits per heavy atom. The maximum atomic E-state index is 7.40. The number of rotatable bonds is 4. The molecule has 0 bridgehead atoms. The molecule has 2 aromatic heterocycles. The maximum Gasteiger partial charge on any atom is 0.453 e. The smallest absolute Gasteiger partial charge is 0.453 e. The summed E-state index contributed by atoms with van der Waals surface area (Å²) in [5, 5.41) is 3.78. The van der Waals surface area contributed by atoms with Gasteiger partial charge in [0.05, 0.1) is 11.1 Å². The van der Waals surface area contributed by atoms with Gasteiger partial charge in [-0.25, -0.2) is 0 Å². The lowest BCUT2D eigenvalue weighted by atomic mass is 9.69. The topological polar surface area (TPSA) is 89.5 Å². The van der Waals surface area contributed by atoms with E-state index in [1.165, 1.54) is 0 Å². The van der Waals surface area contributed by atoms with Crippen LogP contribution in [0.1, 0.15) is 116 Å². The fourth-order valence-electron chi connectivity index (χ4n) is 9.39. The Kier molecular flexibility index (Phi) is 10.1. The normalized spacial score (nSPS) is 14.7. The molecule has 1 spiro atoms. The van der Waals surface area contributed by atoms with Crippen LogP contribution in [0.15, 0.2) is 126 Å². The highest BCUT2D eigenvalue weighted by Crippen LogP contribution is 2.64. The molecule has 4 heterocycles. The van der Waals surface area contributed by atoms with E-state index in [1.54, 1.807) is 0 Å². The third-order valence-corrected chi connectivity index (χ3v) is 14.8. The van der Waals surface area contributed by atoms with Crippen molar-refractivity contribution in [3.05, 3.63) is 143 Å². The average Bonchev–Trinajstić information content (AvgIpc) is 3.71. The van der Waals surface area contributed by atoms with Gasteiger partial charge < -0.3 is 35.3 Å². The molecule has 336 valence electrons. The van der Waals surface area contributed by atoms with Gasteiger partial charge in [-0.05, 0) is 58.1 Å². The molecule has 10 rings (SSSR count). The van der Waals surface area contributed by atoms with Gasteiger partial charge in [-0.2, -0.15) is 0 Å². The zero-order chi connectivity index (χ0) is 45.8. The van der Waals surface area contributed by atoms with E-state index in [4.69, 9.17) is 35.3 Å². The molecule has 10 heteroatoms. The highest BCUT2D eigenvalue weighted by atomic mass is 31.1. The van der Waals surface area contributed by atoms with Crippen LogP contribution in [-0.2, 0) is 27.1 Å². The van der Waals surface area contributed by atoms with Crippen molar-refractivity contribution in [1.29, 1.82) is 0 Å². The zero-order valence-electron chi connectivity index (χ0n) is 39.5. The van der Waals surface area contributed by atoms with Crippen molar-refractivity contribution in [2.45, 2.75) is 110 Å². The molecule has 0 aliphatic carbocycles. The van der Waals surface area contributed by atoms with Crippen molar-refractivity contribution in [2.24, 2.45) is 0 Å². The summed E-state index contributed by atoms with van der Waals surface area (Å²) in [6.07, 6.45) is 0. The highest BCUT2D eigenvalue weighted by molar-refractivity contribution is 7.32. The molecule has 0 N–H and O–H groups in total. The molecule has 0 saturated carbocycles. The molecule has 0 fully saturated rings. The molecule has 0 saturated heterocycles. The van der Waals surface area contributed by atoms with E-state index in [0.717, 1.165) is 66.4 Å². The van der Waals surface area contributed by atoms with Crippen LogP contribution in [0, 0.1) is 0 Å². The Morgan fingerprint density at radius 1 is 0.400 bits per heavy atom. The zero-order valence-corrected chi connectivity index (χ0v) is 41.3. The molecular weight excluding hydrogens is 851 g/mol. The molecule has 6 aromatic carbocycles. The lowest BCUT2D eigenvalue weighted by Gasteiger charge is -2.33. The van der Waals surface area contributed by atoms with E-state index in [2.05, 4.69) is 119 Å². The lowest BCUT2D eigenvalue weighted by Crippen LogP contribution is -2.33. The van der Waals surface area contributed by atoms with Crippen LogP contribution in [0.2, 0.25) is 0 Å². The SMILES string of the molecule is CC(C)(C)c1cc(C(C)(C)C)c(Op2oc3ccccc3c3ccccc3o2)c2c1OCC21COc2c(C(C)(C)C)cc(C(C)(C)C)c(Op3oc4ccccc4c4ccccc4o3)c21. The second-order valence-electron chi connectivity index (χ2n) is 21.6. The summed E-state index contributed by atoms with van der Waals surface area (Å²) in [5.74, 6) is 2.89. The van der Waals surface area contributed by atoms with Gasteiger partial charge in [-0.1, -0.05) is 156 Å². The molecule has 8 aromatic rings. The number of para-hydroxylation sites is 4. The first-order valence-electron chi connectivity index (χ1n) is 22.5. The van der Waals surface area contributed by atoms with Gasteiger partial charge >= 0.3 is 16.5 Å². The second kappa shape index (κ2) is 15.2. The van der Waals surface area contributed by atoms with Crippen LogP contribution >= 0.6 is 16.5 Å². The quantitative estimate of drug-likeness (QED) is 0.172. The Labute approximate surface area is 383 Å². The van der Waals surface area contributed by atoms with E-state index in [9.17, 15) is 0 Å². The molecule has 65 heavy (non-hydrogen) atoms. The first-order valence-corrected chi connectivity index (χ1v) is 24.7. The number of benzene rings is 6. The van der Waals surface area contributed by atoms with Crippen molar-refractivity contribution in [3.63, 3.8) is 0 Å². The van der Waals surface area contributed by atoms with Crippen molar-refractivity contribution >= 4 is 60.4 Å². The van der Waals surface area contributed by atoms with Crippen molar-refractivity contribution in [3.8, 4) is 23.0 Å². The van der Waals surface area contributed by atoms with E-state index < -0.39 is 21.9 Å². The Bertz CT molecular complexity index is 2940. The minimum absolute atomic E-state index is 0.284. The summed E-state index contributed by atoms with van der Waals surface area (Å²) in [4.78, 5) is 0. The summed E-state index contributed by atoms with van der Waals surface area (Å²) in [6, 6.07) is 36.7. The summed E-state index contributed by atoms with van der Waals surface area (Å²) in [6.45, 7) is 27.4. The fraction of sp³-hybridized carbons (Fsp3) is 0.345. The molecule has 0 amide bonds. The Balaban J connectivity index is 1.31. The predicted octanol–water partition coefficient (Wildman–Crippen LogP) is 16.8. The van der Waals surface area contributed by atoms with Gasteiger partial charge in [-0.3, -0.25) is 0 Å². The summed E-state index contributed by atoms with van der Waals surface area (Å²) >= 11 is 0. The summed E-state index contributed by atoms with van der Waals surface area (Å²) < 4.78 is 56.3. The van der Waals surface area contributed by atoms with Crippen LogP contribution in [0.5, 0.6) is 23.0 Å². The van der Waals surface area contributed by atoms with Crippen LogP contribution in [0.4, 0.5) is 0 Å². The van der Waals surface area contributed by atoms with E-state index in [1.807, 2.05) is 72.8 Å². The molecular formula is C55H58O8P2. The molecule has 2 aliphatic rings. The van der Waals surface area contributed by atoms with Gasteiger partial charge in [0.25, 0.3) is 0 Å². The average molecular weight is 909 g/mol. The second-order valence-corrected chi connectivity index (χ2v) is 23.6. The predicted molar refractivity (Wildman–Crippen MR) is 264 cm³/mol. The highest BCUT2D eigenvalue weighted by Gasteiger charge is 2.57. The Morgan fingerprint density at radius 2 is 0.677 bits per heavy atom. The number of hydrogen-bond acceptors (Lipinski definition) is 8. The van der Waals surface area contributed by atoms with Crippen LogP contribution < -0.4 is 18.5 Å². The largest absolute Gasteiger partial charge is 0.491 e. The standard InChI is InChI=1S/C55H58O8P2/c1-51(2,3)37-29-39(53(7,8)9)49(62-64-58-41-25-17-13-21-33(41)34-22-14-18-26-42(34)59-64)45-47(37)56-31-55(45)32-57-48-38(52(4,5)6)30-40(54(10,11)12)50(46(48)55)63-65-60-43-27-19-15-23-35(43)36-24-16-20-28-44(36)61-65/h13-30H,31-32H2,1-12H3. The van der Waals surface area contributed by atoms with E-state index >= 15 is 0 Å². The minimum atomic E-state index is -2.04. The molecule has 0 radical (unpaired) electrons. The van der Waals surface area contributed by atoms with Crippen molar-refractivity contribution in [2.75, 3.05) is 13.2 Å². The van der Waals surface area contributed by atoms with E-state index in [-0.39, 0.29) is 34.9 Å². The molecule has 0 atom stereocenters. The van der Waals surface area contributed by atoms with Crippen LogP contribution in [-0.4, -0.2) is 13.2 Å². The third kappa shape index (κ3) is 7.38. The first kappa shape index (κ1) is 43.2. The minimum Gasteiger partial charge on any atom is -0.491 e. The van der Waals surface area contributed by atoms with Gasteiger partial charge in [0.1, 0.15) is 64.0 Å². The van der Waals surface area contributed by atoms with E-state index in [0.29, 0.717) is 33.8 Å². The van der Waals surface area contributed by atoms with Gasteiger partial charge in [-0.15, -0.1) is 0 Å². The summed E-state index contributed by atoms with van der Waals surface area (Å²) in [5.41, 5.74) is 6.48. The van der Waals surface area contributed by atoms with Gasteiger partial charge in [0.2, 0.25) is 0 Å². The molecule has 8 nitrogen and oxygen atoms in total. The van der Waals surface area contributed by atoms with Crippen LogP contribution in [0.25, 0.3) is 43.9 Å². The lowest BCUT2D eigenvalue weighted by molar-refractivity contribution is 0.233. The van der Waals surface area contributed by atoms with Crippen LogP contribution in [0.3, 0.4) is 0 Å².